The molecule has 1 aliphatic heterocycles. The number of hydrogen-bond donors (Lipinski definition) is 2. The lowest BCUT2D eigenvalue weighted by molar-refractivity contribution is 0.283. The monoisotopic (exact) mass is 371 g/mol. The van der Waals surface area contributed by atoms with Gasteiger partial charge in [-0.3, -0.25) is 10.3 Å². The van der Waals surface area contributed by atoms with Gasteiger partial charge in [0.15, 0.2) is 11.5 Å². The third-order valence-electron chi connectivity index (χ3n) is 5.05. The van der Waals surface area contributed by atoms with Gasteiger partial charge >= 0.3 is 0 Å². The molecular weight excluding hydrogens is 350 g/mol. The van der Waals surface area contributed by atoms with Crippen LogP contribution in [0.15, 0.2) is 72.7 Å². The van der Waals surface area contributed by atoms with E-state index >= 15 is 0 Å². The van der Waals surface area contributed by atoms with Crippen molar-refractivity contribution in [3.63, 3.8) is 0 Å². The highest BCUT2D eigenvalue weighted by Gasteiger charge is 2.13. The van der Waals surface area contributed by atoms with Crippen LogP contribution in [0.2, 0.25) is 0 Å². The molecule has 0 saturated carbocycles. The second-order valence-electron chi connectivity index (χ2n) is 6.94. The highest BCUT2D eigenvalue weighted by Crippen LogP contribution is 2.23. The number of nitrogens with zero attached hydrogens (tertiary/aromatic N) is 5. The Morgan fingerprint density at radius 3 is 2.57 bits per heavy atom. The van der Waals surface area contributed by atoms with E-state index in [9.17, 15) is 0 Å². The molecule has 7 heteroatoms. The summed E-state index contributed by atoms with van der Waals surface area (Å²) in [6, 6.07) is 18.7. The lowest BCUT2D eigenvalue weighted by Crippen LogP contribution is -2.33. The van der Waals surface area contributed by atoms with E-state index < -0.39 is 0 Å². The zero-order chi connectivity index (χ0) is 18.8. The van der Waals surface area contributed by atoms with Crippen LogP contribution in [0.5, 0.6) is 0 Å². The Labute approximate surface area is 162 Å². The summed E-state index contributed by atoms with van der Waals surface area (Å²) in [7, 11) is 0. The molecule has 1 aliphatic rings. The van der Waals surface area contributed by atoms with E-state index in [0.29, 0.717) is 0 Å². The van der Waals surface area contributed by atoms with Gasteiger partial charge in [-0.05, 0) is 11.6 Å². The van der Waals surface area contributed by atoms with Crippen LogP contribution in [0.4, 0.5) is 5.82 Å². The molecule has 0 aliphatic carbocycles. The highest BCUT2D eigenvalue weighted by atomic mass is 15.4. The number of hydrogen-bond acceptors (Lipinski definition) is 6. The lowest BCUT2D eigenvalue weighted by atomic mass is 10.1. The standard InChI is InChI=1S/C21H21N7/c1-2-6-16(7-3-1)14-27-12-10-17(11-13-27)23-24-20-18-8-4-5-9-19(18)21-25-22-15-28(21)26-20/h1-10,15,23H,11-14H2,(H,24,26). The first-order valence-electron chi connectivity index (χ1n) is 9.43. The molecule has 0 amide bonds. The molecule has 4 aromatic rings. The number of benzene rings is 2. The maximum atomic E-state index is 4.60. The van der Waals surface area contributed by atoms with Gasteiger partial charge in [0.2, 0.25) is 0 Å². The number of fused-ring (bicyclic) bond motifs is 3. The molecule has 0 radical (unpaired) electrons. The summed E-state index contributed by atoms with van der Waals surface area (Å²) >= 11 is 0. The Morgan fingerprint density at radius 2 is 1.75 bits per heavy atom. The summed E-state index contributed by atoms with van der Waals surface area (Å²) in [4.78, 5) is 2.44. The van der Waals surface area contributed by atoms with Gasteiger partial charge in [-0.15, -0.1) is 15.3 Å². The molecule has 7 nitrogen and oxygen atoms in total. The molecule has 0 atom stereocenters. The predicted octanol–water partition coefficient (Wildman–Crippen LogP) is 2.98. The van der Waals surface area contributed by atoms with Crippen molar-refractivity contribution >= 4 is 22.2 Å². The second-order valence-corrected chi connectivity index (χ2v) is 6.94. The first kappa shape index (κ1) is 16.7. The maximum absolute atomic E-state index is 4.60. The van der Waals surface area contributed by atoms with Crippen LogP contribution in [-0.2, 0) is 6.54 Å². The Hall–Kier alpha value is -3.45. The van der Waals surface area contributed by atoms with Crippen LogP contribution in [-0.4, -0.2) is 37.8 Å². The van der Waals surface area contributed by atoms with Gasteiger partial charge in [0.05, 0.1) is 0 Å². The zero-order valence-electron chi connectivity index (χ0n) is 15.4. The Morgan fingerprint density at radius 1 is 0.929 bits per heavy atom. The van der Waals surface area contributed by atoms with Gasteiger partial charge in [0.1, 0.15) is 6.33 Å². The number of hydrazine groups is 1. The van der Waals surface area contributed by atoms with E-state index in [0.717, 1.165) is 48.3 Å². The van der Waals surface area contributed by atoms with E-state index in [2.05, 4.69) is 67.5 Å². The summed E-state index contributed by atoms with van der Waals surface area (Å²) < 4.78 is 1.70. The number of anilines is 1. The summed E-state index contributed by atoms with van der Waals surface area (Å²) in [5.41, 5.74) is 9.91. The zero-order valence-corrected chi connectivity index (χ0v) is 15.4. The van der Waals surface area contributed by atoms with Crippen molar-refractivity contribution in [1.82, 2.24) is 30.1 Å². The highest BCUT2D eigenvalue weighted by molar-refractivity contribution is 5.99. The maximum Gasteiger partial charge on any atom is 0.185 e. The van der Waals surface area contributed by atoms with E-state index in [4.69, 9.17) is 0 Å². The van der Waals surface area contributed by atoms with Gasteiger partial charge in [-0.1, -0.05) is 54.6 Å². The van der Waals surface area contributed by atoms with Gasteiger partial charge < -0.3 is 5.43 Å². The average molecular weight is 371 g/mol. The smallest absolute Gasteiger partial charge is 0.185 e. The van der Waals surface area contributed by atoms with Crippen LogP contribution in [0.25, 0.3) is 16.4 Å². The van der Waals surface area contributed by atoms with Crippen LogP contribution in [0.1, 0.15) is 12.0 Å². The first-order valence-corrected chi connectivity index (χ1v) is 9.43. The largest absolute Gasteiger partial charge is 0.304 e. The number of aromatic nitrogens is 4. The molecule has 0 unspecified atom stereocenters. The summed E-state index contributed by atoms with van der Waals surface area (Å²) in [5, 5.41) is 14.8. The second kappa shape index (κ2) is 7.28. The quantitative estimate of drug-likeness (QED) is 0.526. The van der Waals surface area contributed by atoms with Gasteiger partial charge in [0.25, 0.3) is 0 Å². The van der Waals surface area contributed by atoms with Gasteiger partial charge in [-0.25, -0.2) is 0 Å². The van der Waals surface area contributed by atoms with E-state index in [-0.39, 0.29) is 0 Å². The summed E-state index contributed by atoms with van der Waals surface area (Å²) in [5.74, 6) is 0.760. The summed E-state index contributed by atoms with van der Waals surface area (Å²) in [6.45, 7) is 2.93. The molecular formula is C21H21N7. The molecule has 5 rings (SSSR count). The van der Waals surface area contributed by atoms with Crippen molar-refractivity contribution in [2.45, 2.75) is 13.0 Å². The molecule has 2 N–H and O–H groups in total. The van der Waals surface area contributed by atoms with Crippen LogP contribution >= 0.6 is 0 Å². The molecule has 3 heterocycles. The Bertz CT molecular complexity index is 1130. The fraction of sp³-hybridized carbons (Fsp3) is 0.190. The fourth-order valence-corrected chi connectivity index (χ4v) is 3.57. The van der Waals surface area contributed by atoms with Crippen molar-refractivity contribution in [1.29, 1.82) is 0 Å². The number of nitrogens with one attached hydrogen (secondary N) is 2. The van der Waals surface area contributed by atoms with Crippen molar-refractivity contribution < 1.29 is 0 Å². The molecule has 0 spiro atoms. The molecule has 2 aromatic carbocycles. The Kier molecular flexibility index (Phi) is 4.34. The third-order valence-corrected chi connectivity index (χ3v) is 5.05. The lowest BCUT2D eigenvalue weighted by Gasteiger charge is -2.27. The normalized spacial score (nSPS) is 14.9. The minimum Gasteiger partial charge on any atom is -0.304 e. The molecule has 28 heavy (non-hydrogen) atoms. The predicted molar refractivity (Wildman–Crippen MR) is 109 cm³/mol. The van der Waals surface area contributed by atoms with Crippen molar-refractivity contribution in [2.24, 2.45) is 0 Å². The SMILES string of the molecule is C1=C(NNc2nn3cnnc3c3ccccc23)CCN(Cc2ccccc2)C1. The van der Waals surface area contributed by atoms with Crippen LogP contribution in [0.3, 0.4) is 0 Å². The molecule has 0 bridgehead atoms. The molecule has 2 aromatic heterocycles. The van der Waals surface area contributed by atoms with Crippen LogP contribution < -0.4 is 10.9 Å². The topological polar surface area (TPSA) is 70.4 Å². The average Bonchev–Trinajstić information content (AvgIpc) is 3.23. The third kappa shape index (κ3) is 3.27. The van der Waals surface area contributed by atoms with Crippen molar-refractivity contribution in [2.75, 3.05) is 18.5 Å². The fourth-order valence-electron chi connectivity index (χ4n) is 3.57. The van der Waals surface area contributed by atoms with Crippen LogP contribution in [0, 0.1) is 0 Å². The van der Waals surface area contributed by atoms with Crippen molar-refractivity contribution in [3.05, 3.63) is 78.3 Å². The minimum atomic E-state index is 0.759. The van der Waals surface area contributed by atoms with E-state index in [1.807, 2.05) is 24.3 Å². The minimum absolute atomic E-state index is 0.759. The summed E-state index contributed by atoms with van der Waals surface area (Å²) in [6.07, 6.45) is 4.82. The van der Waals surface area contributed by atoms with Gasteiger partial charge in [-0.2, -0.15) is 4.52 Å². The van der Waals surface area contributed by atoms with E-state index in [1.165, 1.54) is 11.3 Å². The number of rotatable bonds is 5. The molecule has 0 saturated heterocycles. The molecule has 0 fully saturated rings. The van der Waals surface area contributed by atoms with E-state index in [1.54, 1.807) is 10.8 Å². The first-order chi connectivity index (χ1) is 13.9. The Balaban J connectivity index is 1.29. The van der Waals surface area contributed by atoms with Crippen molar-refractivity contribution in [3.8, 4) is 0 Å². The van der Waals surface area contributed by atoms with Gasteiger partial charge in [0, 0.05) is 42.5 Å². The molecule has 140 valence electrons.